The zero-order chi connectivity index (χ0) is 12.0. The number of likely N-dealkylation sites (tertiary alicyclic amines) is 1. The molecule has 0 aliphatic carbocycles. The van der Waals surface area contributed by atoms with Gasteiger partial charge in [-0.25, -0.2) is 0 Å². The highest BCUT2D eigenvalue weighted by atomic mass is 15.2. The molecule has 1 saturated heterocycles. The van der Waals surface area contributed by atoms with Crippen molar-refractivity contribution in [2.45, 2.75) is 39.2 Å². The summed E-state index contributed by atoms with van der Waals surface area (Å²) in [6.07, 6.45) is 3.06. The first-order chi connectivity index (χ1) is 7.67. The molecule has 1 aliphatic heterocycles. The summed E-state index contributed by atoms with van der Waals surface area (Å²) in [5.41, 5.74) is 5.35. The number of nitrogens with zero attached hydrogens (tertiary/aromatic N) is 2. The normalized spacial score (nSPS) is 21.8. The van der Waals surface area contributed by atoms with Crippen molar-refractivity contribution < 1.29 is 0 Å². The van der Waals surface area contributed by atoms with E-state index in [4.69, 9.17) is 11.1 Å². The molecule has 1 atom stereocenters. The van der Waals surface area contributed by atoms with Crippen LogP contribution in [0.1, 0.15) is 33.1 Å². The van der Waals surface area contributed by atoms with E-state index in [0.29, 0.717) is 5.84 Å². The fourth-order valence-corrected chi connectivity index (χ4v) is 2.55. The highest BCUT2D eigenvalue weighted by Gasteiger charge is 2.25. The zero-order valence-electron chi connectivity index (χ0n) is 10.7. The van der Waals surface area contributed by atoms with Crippen molar-refractivity contribution in [2.24, 2.45) is 5.73 Å². The summed E-state index contributed by atoms with van der Waals surface area (Å²) in [6, 6.07) is 0.743. The molecule has 4 heteroatoms. The first-order valence-electron chi connectivity index (χ1n) is 6.46. The Hall–Kier alpha value is -0.610. The fourth-order valence-electron chi connectivity index (χ4n) is 2.55. The van der Waals surface area contributed by atoms with Gasteiger partial charge in [0.15, 0.2) is 0 Å². The molecule has 0 spiro atoms. The number of likely N-dealkylation sites (N-methyl/N-ethyl adjacent to an activating group) is 1. The Kier molecular flexibility index (Phi) is 5.77. The molecular formula is C12H26N4. The number of hydrogen-bond acceptors (Lipinski definition) is 3. The molecule has 0 radical (unpaired) electrons. The maximum Gasteiger partial charge on any atom is 0.0905 e. The van der Waals surface area contributed by atoms with Gasteiger partial charge in [0.05, 0.1) is 5.84 Å². The minimum atomic E-state index is 0.319. The molecule has 0 aromatic rings. The van der Waals surface area contributed by atoms with Crippen LogP contribution >= 0.6 is 0 Å². The van der Waals surface area contributed by atoms with Crippen LogP contribution in [0.2, 0.25) is 0 Å². The summed E-state index contributed by atoms with van der Waals surface area (Å²) in [7, 11) is 0. The Morgan fingerprint density at radius 1 is 1.44 bits per heavy atom. The summed E-state index contributed by atoms with van der Waals surface area (Å²) in [5, 5.41) is 7.19. The van der Waals surface area contributed by atoms with Gasteiger partial charge in [0, 0.05) is 19.0 Å². The summed E-state index contributed by atoms with van der Waals surface area (Å²) < 4.78 is 0. The number of rotatable bonds is 7. The lowest BCUT2D eigenvalue weighted by atomic mass is 10.2. The first kappa shape index (κ1) is 13.5. The van der Waals surface area contributed by atoms with Crippen molar-refractivity contribution in [3.63, 3.8) is 0 Å². The van der Waals surface area contributed by atoms with E-state index in [1.165, 1.54) is 19.5 Å². The van der Waals surface area contributed by atoms with Crippen LogP contribution in [0, 0.1) is 5.41 Å². The number of hydrogen-bond donors (Lipinski definition) is 2. The number of nitrogens with one attached hydrogen (secondary N) is 1. The molecule has 1 aliphatic rings. The Morgan fingerprint density at radius 3 is 2.69 bits per heavy atom. The molecule has 0 saturated carbocycles. The Labute approximate surface area is 99.3 Å². The molecule has 1 heterocycles. The van der Waals surface area contributed by atoms with Crippen LogP contribution in [0.25, 0.3) is 0 Å². The third kappa shape index (κ3) is 4.10. The maximum atomic E-state index is 7.19. The zero-order valence-corrected chi connectivity index (χ0v) is 10.7. The smallest absolute Gasteiger partial charge is 0.0905 e. The third-order valence-corrected chi connectivity index (χ3v) is 3.50. The molecule has 16 heavy (non-hydrogen) atoms. The van der Waals surface area contributed by atoms with Crippen molar-refractivity contribution in [3.8, 4) is 0 Å². The fraction of sp³-hybridized carbons (Fsp3) is 0.917. The van der Waals surface area contributed by atoms with Crippen molar-refractivity contribution in [2.75, 3.05) is 32.7 Å². The van der Waals surface area contributed by atoms with Gasteiger partial charge in [-0.3, -0.25) is 10.3 Å². The molecule has 0 amide bonds. The highest BCUT2D eigenvalue weighted by Crippen LogP contribution is 2.15. The SMILES string of the molecule is CCN(CC)C1CCN(CCCC(=N)N)C1. The third-order valence-electron chi connectivity index (χ3n) is 3.50. The summed E-state index contributed by atoms with van der Waals surface area (Å²) in [5.74, 6) is 0.319. The minimum Gasteiger partial charge on any atom is -0.388 e. The Morgan fingerprint density at radius 2 is 2.12 bits per heavy atom. The molecule has 94 valence electrons. The molecule has 1 rings (SSSR count). The van der Waals surface area contributed by atoms with Crippen LogP contribution in [0.5, 0.6) is 0 Å². The van der Waals surface area contributed by atoms with E-state index in [1.54, 1.807) is 0 Å². The van der Waals surface area contributed by atoms with Crippen molar-refractivity contribution in [1.82, 2.24) is 9.80 Å². The average Bonchev–Trinajstić information content (AvgIpc) is 2.68. The van der Waals surface area contributed by atoms with E-state index in [-0.39, 0.29) is 0 Å². The summed E-state index contributed by atoms with van der Waals surface area (Å²) in [6.45, 7) is 10.3. The van der Waals surface area contributed by atoms with Gasteiger partial charge in [-0.15, -0.1) is 0 Å². The van der Waals surface area contributed by atoms with E-state index in [0.717, 1.165) is 38.5 Å². The van der Waals surface area contributed by atoms with E-state index in [9.17, 15) is 0 Å². The molecule has 0 aromatic heterocycles. The topological polar surface area (TPSA) is 56.4 Å². The van der Waals surface area contributed by atoms with Gasteiger partial charge in [0.2, 0.25) is 0 Å². The second-order valence-electron chi connectivity index (χ2n) is 4.59. The van der Waals surface area contributed by atoms with Gasteiger partial charge in [-0.05, 0) is 39.0 Å². The summed E-state index contributed by atoms with van der Waals surface area (Å²) in [4.78, 5) is 5.05. The molecule has 0 aromatic carbocycles. The lowest BCUT2D eigenvalue weighted by molar-refractivity contribution is 0.210. The van der Waals surface area contributed by atoms with Crippen LogP contribution in [-0.4, -0.2) is 54.4 Å². The standard InChI is InChI=1S/C12H26N4/c1-3-16(4-2)11-7-9-15(10-11)8-5-6-12(13)14/h11H,3-10H2,1-2H3,(H3,13,14). The molecule has 4 nitrogen and oxygen atoms in total. The minimum absolute atomic E-state index is 0.319. The monoisotopic (exact) mass is 226 g/mol. The molecule has 0 bridgehead atoms. The largest absolute Gasteiger partial charge is 0.388 e. The van der Waals surface area contributed by atoms with Crippen molar-refractivity contribution >= 4 is 5.84 Å². The molecule has 3 N–H and O–H groups in total. The van der Waals surface area contributed by atoms with Crippen LogP contribution in [0.4, 0.5) is 0 Å². The first-order valence-corrected chi connectivity index (χ1v) is 6.46. The van der Waals surface area contributed by atoms with Crippen molar-refractivity contribution in [1.29, 1.82) is 5.41 Å². The van der Waals surface area contributed by atoms with Gasteiger partial charge >= 0.3 is 0 Å². The summed E-state index contributed by atoms with van der Waals surface area (Å²) >= 11 is 0. The molecular weight excluding hydrogens is 200 g/mol. The van der Waals surface area contributed by atoms with Gasteiger partial charge in [0.1, 0.15) is 0 Å². The predicted molar refractivity (Wildman–Crippen MR) is 68.9 cm³/mol. The molecule has 1 fully saturated rings. The lowest BCUT2D eigenvalue weighted by Crippen LogP contribution is -2.37. The highest BCUT2D eigenvalue weighted by molar-refractivity contribution is 5.76. The second-order valence-corrected chi connectivity index (χ2v) is 4.59. The van der Waals surface area contributed by atoms with Crippen molar-refractivity contribution in [3.05, 3.63) is 0 Å². The van der Waals surface area contributed by atoms with E-state index in [2.05, 4.69) is 23.6 Å². The van der Waals surface area contributed by atoms with Crippen LogP contribution < -0.4 is 5.73 Å². The van der Waals surface area contributed by atoms with Gasteiger partial charge in [-0.1, -0.05) is 13.8 Å². The Bertz CT molecular complexity index is 213. The van der Waals surface area contributed by atoms with Gasteiger partial charge < -0.3 is 10.6 Å². The van der Waals surface area contributed by atoms with Crippen LogP contribution in [0.3, 0.4) is 0 Å². The predicted octanol–water partition coefficient (Wildman–Crippen LogP) is 1.12. The maximum absolute atomic E-state index is 7.19. The number of amidine groups is 1. The van der Waals surface area contributed by atoms with Gasteiger partial charge in [0.25, 0.3) is 0 Å². The van der Waals surface area contributed by atoms with E-state index < -0.39 is 0 Å². The van der Waals surface area contributed by atoms with E-state index in [1.807, 2.05) is 0 Å². The quantitative estimate of drug-likeness (QED) is 0.505. The second kappa shape index (κ2) is 6.86. The van der Waals surface area contributed by atoms with E-state index >= 15 is 0 Å². The Balaban J connectivity index is 2.21. The lowest BCUT2D eigenvalue weighted by Gasteiger charge is -2.26. The van der Waals surface area contributed by atoms with Gasteiger partial charge in [-0.2, -0.15) is 0 Å². The number of nitrogens with two attached hydrogens (primary N) is 1. The molecule has 1 unspecified atom stereocenters. The van der Waals surface area contributed by atoms with Crippen LogP contribution in [0.15, 0.2) is 0 Å². The van der Waals surface area contributed by atoms with Crippen LogP contribution in [-0.2, 0) is 0 Å². The average molecular weight is 226 g/mol.